The maximum absolute atomic E-state index is 12.2. The van der Waals surface area contributed by atoms with E-state index in [1.54, 1.807) is 6.33 Å². The van der Waals surface area contributed by atoms with Crippen molar-refractivity contribution in [2.45, 2.75) is 0 Å². The molecule has 0 unspecified atom stereocenters. The number of primary amides is 1. The molecule has 0 bridgehead atoms. The lowest BCUT2D eigenvalue weighted by Gasteiger charge is -2.28. The van der Waals surface area contributed by atoms with Gasteiger partial charge >= 0.3 is 0 Å². The molecule has 0 aliphatic carbocycles. The molecule has 4 aromatic rings. The Hall–Kier alpha value is -4.18. The first-order chi connectivity index (χ1) is 16.0. The molecule has 10 heteroatoms. The largest absolute Gasteiger partial charge is 0.382 e. The molecule has 5 N–H and O–H groups in total. The van der Waals surface area contributed by atoms with E-state index in [4.69, 9.17) is 16.2 Å². The van der Waals surface area contributed by atoms with E-state index in [0.717, 1.165) is 48.7 Å². The number of hydrogen-bond donors (Lipinski definition) is 3. The van der Waals surface area contributed by atoms with Gasteiger partial charge in [0.25, 0.3) is 5.91 Å². The smallest absolute Gasteiger partial charge is 0.271 e. The van der Waals surface area contributed by atoms with Gasteiger partial charge in [0.2, 0.25) is 0 Å². The highest BCUT2D eigenvalue weighted by atomic mass is 16.5. The van der Waals surface area contributed by atoms with Crippen molar-refractivity contribution < 1.29 is 9.53 Å². The number of nitrogens with one attached hydrogen (secondary N) is 1. The fourth-order valence-electron chi connectivity index (χ4n) is 3.97. The lowest BCUT2D eigenvalue weighted by molar-refractivity contribution is 0.0996. The van der Waals surface area contributed by atoms with Crippen molar-refractivity contribution in [3.05, 3.63) is 54.5 Å². The Morgan fingerprint density at radius 1 is 1.09 bits per heavy atom. The van der Waals surface area contributed by atoms with Crippen LogP contribution in [0, 0.1) is 0 Å². The number of carbonyl (C=O) groups excluding carboxylic acids is 1. The highest BCUT2D eigenvalue weighted by molar-refractivity contribution is 5.99. The maximum atomic E-state index is 12.2. The van der Waals surface area contributed by atoms with Gasteiger partial charge in [0.1, 0.15) is 5.69 Å². The van der Waals surface area contributed by atoms with Crippen LogP contribution in [0.25, 0.3) is 22.3 Å². The van der Waals surface area contributed by atoms with Crippen LogP contribution < -0.4 is 21.7 Å². The summed E-state index contributed by atoms with van der Waals surface area (Å²) in [6.07, 6.45) is 1.71. The Morgan fingerprint density at radius 2 is 1.85 bits per heavy atom. The number of nitrogens with zero attached hydrogens (tertiary/aromatic N) is 5. The van der Waals surface area contributed by atoms with Crippen molar-refractivity contribution in [3.63, 3.8) is 0 Å². The molecule has 0 spiro atoms. The number of anilines is 4. The molecule has 10 nitrogen and oxygen atoms in total. The Kier molecular flexibility index (Phi) is 5.27. The fourth-order valence-corrected chi connectivity index (χ4v) is 3.97. The molecular formula is C23H24N8O2. The topological polar surface area (TPSA) is 137 Å². The number of morpholine rings is 1. The van der Waals surface area contributed by atoms with Gasteiger partial charge in [-0.3, -0.25) is 4.79 Å². The van der Waals surface area contributed by atoms with Crippen LogP contribution in [0.4, 0.5) is 23.0 Å². The minimum absolute atomic E-state index is 0.00406. The highest BCUT2D eigenvalue weighted by Crippen LogP contribution is 2.32. The first-order valence-electron chi connectivity index (χ1n) is 10.6. The van der Waals surface area contributed by atoms with E-state index in [0.29, 0.717) is 11.3 Å². The van der Waals surface area contributed by atoms with Crippen molar-refractivity contribution >= 4 is 40.0 Å². The lowest BCUT2D eigenvalue weighted by Crippen LogP contribution is -2.36. The normalized spacial score (nSPS) is 13.9. The second-order valence-electron chi connectivity index (χ2n) is 7.82. The van der Waals surface area contributed by atoms with Gasteiger partial charge in [-0.1, -0.05) is 12.1 Å². The molecule has 33 heavy (non-hydrogen) atoms. The molecule has 2 aromatic heterocycles. The molecule has 1 amide bonds. The summed E-state index contributed by atoms with van der Waals surface area (Å²) in [5.74, 6) is -0.328. The van der Waals surface area contributed by atoms with Crippen molar-refractivity contribution in [1.82, 2.24) is 19.5 Å². The second kappa shape index (κ2) is 8.40. The zero-order valence-electron chi connectivity index (χ0n) is 18.2. The van der Waals surface area contributed by atoms with Crippen LogP contribution >= 0.6 is 0 Å². The van der Waals surface area contributed by atoms with Crippen LogP contribution in [0.15, 0.2) is 48.8 Å². The molecule has 3 heterocycles. The Bertz CT molecular complexity index is 1330. The third-order valence-corrected chi connectivity index (χ3v) is 5.67. The third-order valence-electron chi connectivity index (χ3n) is 5.67. The number of fused-ring (bicyclic) bond motifs is 1. The van der Waals surface area contributed by atoms with E-state index in [2.05, 4.69) is 25.2 Å². The molecule has 1 fully saturated rings. The minimum atomic E-state index is -0.704. The fraction of sp³-hybridized carbons (Fsp3) is 0.217. The quantitative estimate of drug-likeness (QED) is 0.426. The number of para-hydroxylation sites is 1. The van der Waals surface area contributed by atoms with E-state index in [1.165, 1.54) is 0 Å². The third kappa shape index (κ3) is 3.92. The van der Waals surface area contributed by atoms with Gasteiger partial charge in [-0.2, -0.15) is 0 Å². The lowest BCUT2D eigenvalue weighted by atomic mass is 10.1. The monoisotopic (exact) mass is 444 g/mol. The molecule has 1 aliphatic heterocycles. The summed E-state index contributed by atoms with van der Waals surface area (Å²) >= 11 is 0. The van der Waals surface area contributed by atoms with E-state index in [-0.39, 0.29) is 17.3 Å². The van der Waals surface area contributed by atoms with Crippen LogP contribution in [0.5, 0.6) is 0 Å². The number of carbonyl (C=O) groups is 1. The highest BCUT2D eigenvalue weighted by Gasteiger charge is 2.20. The zero-order chi connectivity index (χ0) is 22.9. The molecule has 0 atom stereocenters. The number of nitrogen functional groups attached to an aromatic ring is 1. The number of imidazole rings is 1. The van der Waals surface area contributed by atoms with Crippen LogP contribution in [0.2, 0.25) is 0 Å². The van der Waals surface area contributed by atoms with Crippen molar-refractivity contribution in [2.75, 3.05) is 42.3 Å². The average molecular weight is 444 g/mol. The predicted octanol–water partition coefficient (Wildman–Crippen LogP) is 2.29. The Morgan fingerprint density at radius 3 is 2.58 bits per heavy atom. The number of ether oxygens (including phenoxy) is 1. The second-order valence-corrected chi connectivity index (χ2v) is 7.82. The molecule has 5 rings (SSSR count). The molecular weight excluding hydrogens is 420 g/mol. The van der Waals surface area contributed by atoms with Gasteiger partial charge in [-0.15, -0.1) is 0 Å². The molecule has 0 radical (unpaired) electrons. The summed E-state index contributed by atoms with van der Waals surface area (Å²) in [4.78, 5) is 27.9. The molecule has 168 valence electrons. The van der Waals surface area contributed by atoms with E-state index in [9.17, 15) is 4.79 Å². The number of hydrogen-bond acceptors (Lipinski definition) is 8. The van der Waals surface area contributed by atoms with Crippen molar-refractivity contribution in [2.24, 2.45) is 12.8 Å². The van der Waals surface area contributed by atoms with Crippen LogP contribution in [-0.2, 0) is 11.8 Å². The summed E-state index contributed by atoms with van der Waals surface area (Å²) in [5.41, 5.74) is 16.4. The Labute approximate surface area is 190 Å². The summed E-state index contributed by atoms with van der Waals surface area (Å²) in [6, 6.07) is 13.5. The summed E-state index contributed by atoms with van der Waals surface area (Å²) in [7, 11) is 1.90. The van der Waals surface area contributed by atoms with Crippen molar-refractivity contribution in [3.8, 4) is 11.3 Å². The van der Waals surface area contributed by atoms with Gasteiger partial charge in [0.15, 0.2) is 17.3 Å². The number of nitrogens with two attached hydrogens (primary N) is 2. The van der Waals surface area contributed by atoms with Crippen LogP contribution in [0.3, 0.4) is 0 Å². The minimum Gasteiger partial charge on any atom is -0.382 e. The summed E-state index contributed by atoms with van der Waals surface area (Å²) in [5, 5.41) is 3.13. The maximum Gasteiger partial charge on any atom is 0.271 e. The van der Waals surface area contributed by atoms with E-state index >= 15 is 0 Å². The van der Waals surface area contributed by atoms with Gasteiger partial charge in [0.05, 0.1) is 30.6 Å². The number of benzene rings is 2. The number of amides is 1. The van der Waals surface area contributed by atoms with Crippen molar-refractivity contribution in [1.29, 1.82) is 0 Å². The summed E-state index contributed by atoms with van der Waals surface area (Å²) < 4.78 is 7.30. The Balaban J connectivity index is 1.48. The predicted molar refractivity (Wildman–Crippen MR) is 127 cm³/mol. The van der Waals surface area contributed by atoms with Gasteiger partial charge in [-0.25, -0.2) is 15.0 Å². The zero-order valence-corrected chi connectivity index (χ0v) is 18.2. The van der Waals surface area contributed by atoms with Gasteiger partial charge < -0.3 is 31.0 Å². The number of aromatic nitrogens is 4. The molecule has 0 saturated carbocycles. The first kappa shape index (κ1) is 20.7. The molecule has 1 saturated heterocycles. The summed E-state index contributed by atoms with van der Waals surface area (Å²) in [6.45, 7) is 3.14. The van der Waals surface area contributed by atoms with E-state index < -0.39 is 5.91 Å². The van der Waals surface area contributed by atoms with Gasteiger partial charge in [0, 0.05) is 37.1 Å². The number of aryl methyl sites for hydroxylation is 1. The number of rotatable bonds is 5. The van der Waals surface area contributed by atoms with Gasteiger partial charge in [-0.05, 0) is 30.3 Å². The molecule has 1 aliphatic rings. The average Bonchev–Trinajstić information content (AvgIpc) is 3.21. The SMILES string of the molecule is Cn1cnc2c(-c3nc(C(N)=O)c(Nc4ccc(N5CCOCC5)cc4)nc3N)cccc21. The van der Waals surface area contributed by atoms with Crippen LogP contribution in [0.1, 0.15) is 10.5 Å². The first-order valence-corrected chi connectivity index (χ1v) is 10.6. The standard InChI is InChI=1S/C23H24N8O2/c1-30-13-26-18-16(3-2-4-17(18)30)19-21(24)29-23(20(28-19)22(25)32)27-14-5-7-15(8-6-14)31-9-11-33-12-10-31/h2-8,13H,9-12H2,1H3,(H2,25,32)(H3,24,27,29). The van der Waals surface area contributed by atoms with E-state index in [1.807, 2.05) is 54.1 Å². The molecule has 2 aromatic carbocycles. The van der Waals surface area contributed by atoms with Crippen LogP contribution in [-0.4, -0.2) is 51.7 Å².